The van der Waals surface area contributed by atoms with E-state index in [1.165, 1.54) is 0 Å². The smallest absolute Gasteiger partial charge is 0.0843 e. The Bertz CT molecular complexity index is 298. The second kappa shape index (κ2) is 3.30. The van der Waals surface area contributed by atoms with Crippen molar-refractivity contribution in [1.29, 1.82) is 0 Å². The maximum absolute atomic E-state index is 4.31. The molecule has 0 spiro atoms. The van der Waals surface area contributed by atoms with E-state index in [0.717, 1.165) is 22.8 Å². The number of hydrogen-bond acceptors (Lipinski definition) is 2. The van der Waals surface area contributed by atoms with Gasteiger partial charge in [-0.15, -0.1) is 0 Å². The largest absolute Gasteiger partial charge is 0.254 e. The first kappa shape index (κ1) is 8.65. The molecule has 1 rings (SSSR count). The molecular weight excluding hydrogens is 148 g/mol. The van der Waals surface area contributed by atoms with Crippen molar-refractivity contribution in [1.82, 2.24) is 9.97 Å². The summed E-state index contributed by atoms with van der Waals surface area (Å²) < 4.78 is 0. The van der Waals surface area contributed by atoms with Crippen molar-refractivity contribution in [2.24, 2.45) is 0 Å². The van der Waals surface area contributed by atoms with E-state index >= 15 is 0 Å². The average molecular weight is 160 g/mol. The monoisotopic (exact) mass is 160 g/mol. The zero-order chi connectivity index (χ0) is 9.14. The molecule has 0 radical (unpaired) electrons. The Labute approximate surface area is 72.7 Å². The van der Waals surface area contributed by atoms with Gasteiger partial charge in [-0.2, -0.15) is 0 Å². The average Bonchev–Trinajstić information content (AvgIpc) is 2.05. The van der Waals surface area contributed by atoms with E-state index in [4.69, 9.17) is 0 Å². The van der Waals surface area contributed by atoms with Gasteiger partial charge < -0.3 is 0 Å². The molecule has 12 heavy (non-hydrogen) atoms. The highest BCUT2D eigenvalue weighted by Crippen LogP contribution is 2.09. The highest BCUT2D eigenvalue weighted by atomic mass is 14.8. The first-order valence-corrected chi connectivity index (χ1v) is 3.79. The second-order valence-electron chi connectivity index (χ2n) is 2.57. The minimum absolute atomic E-state index is 0.829. The first-order chi connectivity index (χ1) is 5.69. The molecule has 2 heteroatoms. The van der Waals surface area contributed by atoms with Crippen LogP contribution in [0.3, 0.4) is 0 Å². The van der Waals surface area contributed by atoms with E-state index in [1.807, 2.05) is 13.8 Å². The Morgan fingerprint density at radius 2 is 1.33 bits per heavy atom. The lowest BCUT2D eigenvalue weighted by atomic mass is 10.2. The summed E-state index contributed by atoms with van der Waals surface area (Å²) in [7, 11) is 0. The molecule has 0 aromatic carbocycles. The molecular formula is C10H12N2. The summed E-state index contributed by atoms with van der Waals surface area (Å²) in [5, 5.41) is 0. The summed E-state index contributed by atoms with van der Waals surface area (Å²) in [6.45, 7) is 11.2. The Hall–Kier alpha value is -1.44. The van der Waals surface area contributed by atoms with Gasteiger partial charge in [0.2, 0.25) is 0 Å². The molecule has 0 bridgehead atoms. The van der Waals surface area contributed by atoms with Crippen LogP contribution in [0.25, 0.3) is 12.2 Å². The van der Waals surface area contributed by atoms with E-state index in [9.17, 15) is 0 Å². The molecule has 0 saturated heterocycles. The Morgan fingerprint density at radius 1 is 0.917 bits per heavy atom. The number of rotatable bonds is 2. The van der Waals surface area contributed by atoms with Gasteiger partial charge in [0.25, 0.3) is 0 Å². The lowest BCUT2D eigenvalue weighted by molar-refractivity contribution is 1.03. The van der Waals surface area contributed by atoms with Crippen LogP contribution < -0.4 is 0 Å². The van der Waals surface area contributed by atoms with Crippen molar-refractivity contribution in [3.05, 3.63) is 35.9 Å². The van der Waals surface area contributed by atoms with Crippen LogP contribution in [0, 0.1) is 13.8 Å². The highest BCUT2D eigenvalue weighted by molar-refractivity contribution is 5.51. The Balaban J connectivity index is 3.36. The van der Waals surface area contributed by atoms with Crippen LogP contribution in [0.2, 0.25) is 0 Å². The molecule has 0 saturated carbocycles. The molecule has 0 N–H and O–H groups in total. The molecule has 0 aliphatic rings. The van der Waals surface area contributed by atoms with Crippen LogP contribution in [-0.4, -0.2) is 9.97 Å². The fourth-order valence-electron chi connectivity index (χ4n) is 1.04. The quantitative estimate of drug-likeness (QED) is 0.663. The molecule has 62 valence electrons. The minimum Gasteiger partial charge on any atom is -0.254 e. The minimum atomic E-state index is 0.829. The lowest BCUT2D eigenvalue weighted by Gasteiger charge is -2.03. The van der Waals surface area contributed by atoms with E-state index in [2.05, 4.69) is 23.1 Å². The van der Waals surface area contributed by atoms with Gasteiger partial charge in [0.05, 0.1) is 22.8 Å². The number of aryl methyl sites for hydroxylation is 2. The van der Waals surface area contributed by atoms with Gasteiger partial charge in [-0.1, -0.05) is 13.2 Å². The van der Waals surface area contributed by atoms with Crippen LogP contribution in [0.5, 0.6) is 0 Å². The highest BCUT2D eigenvalue weighted by Gasteiger charge is 2.01. The summed E-state index contributed by atoms with van der Waals surface area (Å²) in [6, 6.07) is 0. The van der Waals surface area contributed by atoms with Gasteiger partial charge in [-0.05, 0) is 26.0 Å². The van der Waals surface area contributed by atoms with E-state index < -0.39 is 0 Å². The van der Waals surface area contributed by atoms with Crippen molar-refractivity contribution >= 4 is 12.2 Å². The lowest BCUT2D eigenvalue weighted by Crippen LogP contribution is -1.98. The van der Waals surface area contributed by atoms with E-state index in [0.29, 0.717) is 0 Å². The fourth-order valence-corrected chi connectivity index (χ4v) is 1.04. The SMILES string of the molecule is C=Cc1nc(C=C)c(C)nc1C. The molecule has 1 aromatic heterocycles. The summed E-state index contributed by atoms with van der Waals surface area (Å²) in [4.78, 5) is 8.62. The molecule has 0 aliphatic carbocycles. The Kier molecular flexibility index (Phi) is 2.38. The van der Waals surface area contributed by atoms with Crippen molar-refractivity contribution < 1.29 is 0 Å². The third kappa shape index (κ3) is 1.42. The zero-order valence-corrected chi connectivity index (χ0v) is 7.46. The summed E-state index contributed by atoms with van der Waals surface area (Å²) in [5.41, 5.74) is 3.48. The van der Waals surface area contributed by atoms with E-state index in [-0.39, 0.29) is 0 Å². The predicted octanol–water partition coefficient (Wildman–Crippen LogP) is 2.38. The van der Waals surface area contributed by atoms with Gasteiger partial charge in [0, 0.05) is 0 Å². The van der Waals surface area contributed by atoms with Crippen molar-refractivity contribution in [3.63, 3.8) is 0 Å². The molecule has 0 aliphatic heterocycles. The van der Waals surface area contributed by atoms with Crippen LogP contribution >= 0.6 is 0 Å². The number of hydrogen-bond donors (Lipinski definition) is 0. The molecule has 0 fully saturated rings. The fraction of sp³-hybridized carbons (Fsp3) is 0.200. The molecule has 0 amide bonds. The van der Waals surface area contributed by atoms with Crippen LogP contribution in [-0.2, 0) is 0 Å². The summed E-state index contributed by atoms with van der Waals surface area (Å²) >= 11 is 0. The number of nitrogens with zero attached hydrogens (tertiary/aromatic N) is 2. The van der Waals surface area contributed by atoms with Gasteiger partial charge in [0.1, 0.15) is 0 Å². The van der Waals surface area contributed by atoms with Crippen LogP contribution in [0.4, 0.5) is 0 Å². The molecule has 1 aromatic rings. The normalized spacial score (nSPS) is 9.50. The van der Waals surface area contributed by atoms with Crippen molar-refractivity contribution in [2.75, 3.05) is 0 Å². The van der Waals surface area contributed by atoms with Crippen LogP contribution in [0.15, 0.2) is 13.2 Å². The van der Waals surface area contributed by atoms with Crippen LogP contribution in [0.1, 0.15) is 22.8 Å². The van der Waals surface area contributed by atoms with Gasteiger partial charge in [0.15, 0.2) is 0 Å². The van der Waals surface area contributed by atoms with Gasteiger partial charge >= 0.3 is 0 Å². The molecule has 0 atom stereocenters. The number of aromatic nitrogens is 2. The van der Waals surface area contributed by atoms with E-state index in [1.54, 1.807) is 12.2 Å². The second-order valence-corrected chi connectivity index (χ2v) is 2.57. The maximum atomic E-state index is 4.31. The topological polar surface area (TPSA) is 25.8 Å². The summed E-state index contributed by atoms with van der Waals surface area (Å²) in [5.74, 6) is 0. The standard InChI is InChI=1S/C10H12N2/c1-5-9-7(3)11-8(4)10(6-2)12-9/h5-6H,1-2H2,3-4H3. The van der Waals surface area contributed by atoms with Crippen molar-refractivity contribution in [2.45, 2.75) is 13.8 Å². The molecule has 0 unspecified atom stereocenters. The third-order valence-electron chi connectivity index (χ3n) is 1.70. The molecule has 1 heterocycles. The van der Waals surface area contributed by atoms with Gasteiger partial charge in [-0.25, -0.2) is 4.98 Å². The summed E-state index contributed by atoms with van der Waals surface area (Å²) in [6.07, 6.45) is 3.41. The molecule has 2 nitrogen and oxygen atoms in total. The predicted molar refractivity (Wildman–Crippen MR) is 51.7 cm³/mol. The zero-order valence-electron chi connectivity index (χ0n) is 7.46. The van der Waals surface area contributed by atoms with Crippen molar-refractivity contribution in [3.8, 4) is 0 Å². The van der Waals surface area contributed by atoms with Gasteiger partial charge in [-0.3, -0.25) is 4.98 Å². The maximum Gasteiger partial charge on any atom is 0.0843 e. The Morgan fingerprint density at radius 3 is 1.67 bits per heavy atom. The third-order valence-corrected chi connectivity index (χ3v) is 1.70. The first-order valence-electron chi connectivity index (χ1n) is 3.79.